The Hall–Kier alpha value is -1.46. The molecule has 1 aromatic carbocycles. The Kier molecular flexibility index (Phi) is 11.3. The number of likely N-dealkylation sites (N-methyl/N-ethyl adjacent to an activating group) is 1. The van der Waals surface area contributed by atoms with Crippen molar-refractivity contribution in [2.45, 2.75) is 33.2 Å². The van der Waals surface area contributed by atoms with E-state index in [0.717, 1.165) is 18.7 Å². The molecule has 0 aliphatic rings. The molecule has 0 spiro atoms. The van der Waals surface area contributed by atoms with E-state index in [9.17, 15) is 4.79 Å². The maximum atomic E-state index is 11.6. The first-order chi connectivity index (χ1) is 10.2. The second-order valence-electron chi connectivity index (χ2n) is 4.87. The second kappa shape index (κ2) is 12.1. The number of hydrogen-bond donors (Lipinski definition) is 2. The number of amides is 1. The molecule has 1 aromatic rings. The van der Waals surface area contributed by atoms with Crippen LogP contribution in [0, 0.1) is 0 Å². The number of rotatable bonds is 10. The summed E-state index contributed by atoms with van der Waals surface area (Å²) in [5.41, 5.74) is 0. The van der Waals surface area contributed by atoms with Gasteiger partial charge in [-0.2, -0.15) is 0 Å². The first-order valence-electron chi connectivity index (χ1n) is 7.51. The molecule has 0 unspecified atom stereocenters. The highest BCUT2D eigenvalue weighted by Gasteiger charge is 2.05. The molecule has 6 heteroatoms. The van der Waals surface area contributed by atoms with Crippen LogP contribution >= 0.6 is 12.4 Å². The summed E-state index contributed by atoms with van der Waals surface area (Å²) in [6.07, 6.45) is 0.976. The van der Waals surface area contributed by atoms with E-state index >= 15 is 0 Å². The molecule has 0 radical (unpaired) electrons. The van der Waals surface area contributed by atoms with E-state index in [2.05, 4.69) is 17.6 Å². The maximum absolute atomic E-state index is 11.6. The van der Waals surface area contributed by atoms with Gasteiger partial charge < -0.3 is 20.1 Å². The zero-order chi connectivity index (χ0) is 15.5. The molecule has 126 valence electrons. The number of halogens is 1. The van der Waals surface area contributed by atoms with Gasteiger partial charge in [0.2, 0.25) is 0 Å². The Balaban J connectivity index is 0.00000441. The molecule has 2 N–H and O–H groups in total. The van der Waals surface area contributed by atoms with Gasteiger partial charge in [0.05, 0.1) is 6.61 Å². The minimum atomic E-state index is -0.119. The summed E-state index contributed by atoms with van der Waals surface area (Å²) in [4.78, 5) is 11.6. The molecule has 0 saturated carbocycles. The largest absolute Gasteiger partial charge is 0.494 e. The van der Waals surface area contributed by atoms with E-state index in [-0.39, 0.29) is 31.0 Å². The standard InChI is InChI=1S/C16H26N2O3.ClH/c1-4-10-20-14-6-8-15(9-7-14)21-12-16(19)18-11-13(3)17-5-2;/h6-9,13,17H,4-5,10-12H2,1-3H3,(H,18,19);1H/t13-;/m1./s1. The third-order valence-electron chi connectivity index (χ3n) is 2.82. The van der Waals surface area contributed by atoms with Gasteiger partial charge >= 0.3 is 0 Å². The predicted molar refractivity (Wildman–Crippen MR) is 91.1 cm³/mol. The zero-order valence-electron chi connectivity index (χ0n) is 13.6. The Labute approximate surface area is 139 Å². The third kappa shape index (κ3) is 8.74. The van der Waals surface area contributed by atoms with E-state index in [1.54, 1.807) is 12.1 Å². The fraction of sp³-hybridized carbons (Fsp3) is 0.562. The molecule has 1 rings (SSSR count). The zero-order valence-corrected chi connectivity index (χ0v) is 14.4. The topological polar surface area (TPSA) is 59.6 Å². The van der Waals surface area contributed by atoms with E-state index in [1.807, 2.05) is 26.0 Å². The van der Waals surface area contributed by atoms with Gasteiger partial charge in [0.1, 0.15) is 11.5 Å². The Morgan fingerprint density at radius 1 is 1.14 bits per heavy atom. The second-order valence-corrected chi connectivity index (χ2v) is 4.87. The molecule has 0 fully saturated rings. The minimum absolute atomic E-state index is 0. The highest BCUT2D eigenvalue weighted by molar-refractivity contribution is 5.85. The van der Waals surface area contributed by atoms with E-state index < -0.39 is 0 Å². The molecule has 1 atom stereocenters. The van der Waals surface area contributed by atoms with Crippen LogP contribution in [0.15, 0.2) is 24.3 Å². The molecule has 0 heterocycles. The lowest BCUT2D eigenvalue weighted by atomic mass is 10.3. The van der Waals surface area contributed by atoms with Crippen LogP contribution in [0.2, 0.25) is 0 Å². The summed E-state index contributed by atoms with van der Waals surface area (Å²) < 4.78 is 10.9. The van der Waals surface area contributed by atoms with E-state index in [0.29, 0.717) is 18.9 Å². The minimum Gasteiger partial charge on any atom is -0.494 e. The van der Waals surface area contributed by atoms with Crippen molar-refractivity contribution in [3.63, 3.8) is 0 Å². The number of hydrogen-bond acceptors (Lipinski definition) is 4. The monoisotopic (exact) mass is 330 g/mol. The fourth-order valence-electron chi connectivity index (χ4n) is 1.74. The van der Waals surface area contributed by atoms with Crippen LogP contribution in [0.5, 0.6) is 11.5 Å². The predicted octanol–water partition coefficient (Wildman–Crippen LogP) is 2.39. The maximum Gasteiger partial charge on any atom is 0.257 e. The molecular weight excluding hydrogens is 304 g/mol. The normalized spacial score (nSPS) is 11.2. The highest BCUT2D eigenvalue weighted by atomic mass is 35.5. The van der Waals surface area contributed by atoms with Crippen molar-refractivity contribution in [2.24, 2.45) is 0 Å². The molecule has 1 amide bonds. The van der Waals surface area contributed by atoms with Crippen LogP contribution < -0.4 is 20.1 Å². The van der Waals surface area contributed by atoms with Gasteiger partial charge in [-0.3, -0.25) is 4.79 Å². The number of nitrogens with one attached hydrogen (secondary N) is 2. The van der Waals surface area contributed by atoms with Crippen molar-refractivity contribution in [2.75, 3.05) is 26.3 Å². The summed E-state index contributed by atoms with van der Waals surface area (Å²) in [5, 5.41) is 6.05. The van der Waals surface area contributed by atoms with Gasteiger partial charge in [0.15, 0.2) is 6.61 Å². The smallest absolute Gasteiger partial charge is 0.257 e. The van der Waals surface area contributed by atoms with Crippen molar-refractivity contribution in [1.29, 1.82) is 0 Å². The first kappa shape index (κ1) is 20.5. The van der Waals surface area contributed by atoms with Gasteiger partial charge in [-0.25, -0.2) is 0 Å². The van der Waals surface area contributed by atoms with Gasteiger partial charge in [-0.15, -0.1) is 12.4 Å². The Morgan fingerprint density at radius 3 is 2.27 bits per heavy atom. The fourth-order valence-corrected chi connectivity index (χ4v) is 1.74. The number of benzene rings is 1. The molecule has 0 aliphatic heterocycles. The molecule has 22 heavy (non-hydrogen) atoms. The molecule has 0 bridgehead atoms. The van der Waals surface area contributed by atoms with Crippen molar-refractivity contribution in [3.8, 4) is 11.5 Å². The summed E-state index contributed by atoms with van der Waals surface area (Å²) in [5.74, 6) is 1.35. The van der Waals surface area contributed by atoms with Crippen LogP contribution in [-0.2, 0) is 4.79 Å². The lowest BCUT2D eigenvalue weighted by Crippen LogP contribution is -2.40. The summed E-state index contributed by atoms with van der Waals surface area (Å²) in [7, 11) is 0. The van der Waals surface area contributed by atoms with Crippen LogP contribution in [0.1, 0.15) is 27.2 Å². The third-order valence-corrected chi connectivity index (χ3v) is 2.82. The van der Waals surface area contributed by atoms with Gasteiger partial charge in [0, 0.05) is 12.6 Å². The number of carbonyl (C=O) groups excluding carboxylic acids is 1. The molecule has 0 aliphatic carbocycles. The van der Waals surface area contributed by atoms with Crippen molar-refractivity contribution >= 4 is 18.3 Å². The molecular formula is C16H27ClN2O3. The molecule has 5 nitrogen and oxygen atoms in total. The highest BCUT2D eigenvalue weighted by Crippen LogP contribution is 2.17. The van der Waals surface area contributed by atoms with Crippen LogP contribution in [0.25, 0.3) is 0 Å². The SMILES string of the molecule is CCCOc1ccc(OCC(=O)NC[C@@H](C)NCC)cc1.Cl. The first-order valence-corrected chi connectivity index (χ1v) is 7.51. The quantitative estimate of drug-likeness (QED) is 0.691. The molecule has 0 aromatic heterocycles. The lowest BCUT2D eigenvalue weighted by Gasteiger charge is -2.13. The van der Waals surface area contributed by atoms with Gasteiger partial charge in [0.25, 0.3) is 5.91 Å². The van der Waals surface area contributed by atoms with Crippen LogP contribution in [0.3, 0.4) is 0 Å². The number of ether oxygens (including phenoxy) is 2. The van der Waals surface area contributed by atoms with Crippen LogP contribution in [-0.4, -0.2) is 38.3 Å². The van der Waals surface area contributed by atoms with Gasteiger partial charge in [-0.05, 0) is 44.2 Å². The number of carbonyl (C=O) groups is 1. The summed E-state index contributed by atoms with van der Waals surface area (Å²) in [6, 6.07) is 7.56. The average molecular weight is 331 g/mol. The van der Waals surface area contributed by atoms with E-state index in [4.69, 9.17) is 9.47 Å². The lowest BCUT2D eigenvalue weighted by molar-refractivity contribution is -0.123. The summed E-state index contributed by atoms with van der Waals surface area (Å²) >= 11 is 0. The van der Waals surface area contributed by atoms with Gasteiger partial charge in [-0.1, -0.05) is 13.8 Å². The van der Waals surface area contributed by atoms with Crippen molar-refractivity contribution in [1.82, 2.24) is 10.6 Å². The molecule has 0 saturated heterocycles. The Bertz CT molecular complexity index is 412. The Morgan fingerprint density at radius 2 is 1.73 bits per heavy atom. The van der Waals surface area contributed by atoms with Crippen LogP contribution in [0.4, 0.5) is 0 Å². The van der Waals surface area contributed by atoms with E-state index in [1.165, 1.54) is 0 Å². The average Bonchev–Trinajstić information content (AvgIpc) is 2.50. The van der Waals surface area contributed by atoms with Crippen molar-refractivity contribution in [3.05, 3.63) is 24.3 Å². The van der Waals surface area contributed by atoms with Crippen molar-refractivity contribution < 1.29 is 14.3 Å². The summed E-state index contributed by atoms with van der Waals surface area (Å²) in [6.45, 7) is 8.34.